The van der Waals surface area contributed by atoms with Gasteiger partial charge in [-0.15, -0.1) is 0 Å². The summed E-state index contributed by atoms with van der Waals surface area (Å²) >= 11 is 1.38. The van der Waals surface area contributed by atoms with E-state index in [0.717, 1.165) is 29.4 Å². The van der Waals surface area contributed by atoms with Gasteiger partial charge in [0.2, 0.25) is 0 Å². The van der Waals surface area contributed by atoms with Gasteiger partial charge in [0.05, 0.1) is 0 Å². The van der Waals surface area contributed by atoms with E-state index in [0.29, 0.717) is 5.82 Å². The summed E-state index contributed by atoms with van der Waals surface area (Å²) in [6.45, 7) is 2.74. The van der Waals surface area contributed by atoms with Crippen molar-refractivity contribution in [2.24, 2.45) is 7.05 Å². The number of hydrogen-bond donors (Lipinski definition) is 2. The molecule has 0 aromatic carbocycles. The van der Waals surface area contributed by atoms with Crippen LogP contribution in [0.4, 0.5) is 10.8 Å². The van der Waals surface area contributed by atoms with Gasteiger partial charge in [-0.25, -0.2) is 4.98 Å². The normalized spacial score (nSPS) is 10.6. The largest absolute Gasteiger partial charge is 0.383 e. The van der Waals surface area contributed by atoms with Crippen molar-refractivity contribution in [1.29, 1.82) is 0 Å². The number of anilines is 2. The van der Waals surface area contributed by atoms with Crippen LogP contribution < -0.4 is 11.1 Å². The molecule has 0 saturated carbocycles. The molecule has 0 radical (unpaired) electrons. The molecule has 0 saturated heterocycles. The highest BCUT2D eigenvalue weighted by Gasteiger charge is 2.06. The lowest BCUT2D eigenvalue weighted by Crippen LogP contribution is -2.06. The van der Waals surface area contributed by atoms with Gasteiger partial charge in [0.1, 0.15) is 17.1 Å². The van der Waals surface area contributed by atoms with E-state index in [1.807, 2.05) is 14.0 Å². The molecular formula is C9H14N6S. The molecule has 0 amide bonds. The van der Waals surface area contributed by atoms with E-state index in [1.165, 1.54) is 11.5 Å². The van der Waals surface area contributed by atoms with E-state index < -0.39 is 0 Å². The number of aromatic nitrogens is 4. The Hall–Kier alpha value is -1.63. The average molecular weight is 238 g/mol. The van der Waals surface area contributed by atoms with Crippen molar-refractivity contribution in [1.82, 2.24) is 19.1 Å². The maximum Gasteiger partial charge on any atom is 0.152 e. The summed E-state index contributed by atoms with van der Waals surface area (Å²) in [6.07, 6.45) is 2.49. The highest BCUT2D eigenvalue weighted by Crippen LogP contribution is 2.24. The van der Waals surface area contributed by atoms with Crippen LogP contribution in [0, 0.1) is 6.92 Å². The van der Waals surface area contributed by atoms with Gasteiger partial charge in [0.15, 0.2) is 5.82 Å². The molecular weight excluding hydrogens is 224 g/mol. The lowest BCUT2D eigenvalue weighted by molar-refractivity contribution is 0.742. The zero-order chi connectivity index (χ0) is 11.5. The van der Waals surface area contributed by atoms with Crippen LogP contribution in [0.2, 0.25) is 0 Å². The van der Waals surface area contributed by atoms with Crippen LogP contribution in [0.25, 0.3) is 0 Å². The van der Waals surface area contributed by atoms with Crippen LogP contribution in [-0.2, 0) is 13.5 Å². The quantitative estimate of drug-likeness (QED) is 0.824. The summed E-state index contributed by atoms with van der Waals surface area (Å²) in [5.41, 5.74) is 6.67. The molecule has 2 aromatic rings. The predicted octanol–water partition coefficient (Wildman–Crippen LogP) is 0.817. The zero-order valence-electron chi connectivity index (χ0n) is 9.27. The molecule has 0 spiro atoms. The molecule has 7 heteroatoms. The fourth-order valence-electron chi connectivity index (χ4n) is 1.30. The van der Waals surface area contributed by atoms with E-state index in [-0.39, 0.29) is 0 Å². The Morgan fingerprint density at radius 3 is 2.94 bits per heavy atom. The highest BCUT2D eigenvalue weighted by atomic mass is 32.1. The second-order valence-corrected chi connectivity index (χ2v) is 4.31. The molecule has 0 aliphatic rings. The van der Waals surface area contributed by atoms with E-state index in [4.69, 9.17) is 5.73 Å². The smallest absolute Gasteiger partial charge is 0.152 e. The lowest BCUT2D eigenvalue weighted by atomic mass is 10.3. The molecule has 0 unspecified atom stereocenters. The van der Waals surface area contributed by atoms with Crippen molar-refractivity contribution in [3.05, 3.63) is 17.7 Å². The summed E-state index contributed by atoms with van der Waals surface area (Å²) in [7, 11) is 1.86. The topological polar surface area (TPSA) is 81.6 Å². The Bertz CT molecular complexity index is 474. The minimum atomic E-state index is 0.600. The Morgan fingerprint density at radius 1 is 1.56 bits per heavy atom. The van der Waals surface area contributed by atoms with Gasteiger partial charge in [-0.05, 0) is 18.5 Å². The van der Waals surface area contributed by atoms with Crippen molar-refractivity contribution in [3.8, 4) is 0 Å². The molecule has 0 fully saturated rings. The van der Waals surface area contributed by atoms with Crippen LogP contribution >= 0.6 is 11.5 Å². The first-order valence-electron chi connectivity index (χ1n) is 4.97. The molecule has 0 aliphatic carbocycles. The lowest BCUT2D eigenvalue weighted by Gasteiger charge is -2.01. The van der Waals surface area contributed by atoms with E-state index in [9.17, 15) is 0 Å². The fraction of sp³-hybridized carbons (Fsp3) is 0.444. The highest BCUT2D eigenvalue weighted by molar-refractivity contribution is 7.10. The zero-order valence-corrected chi connectivity index (χ0v) is 10.1. The minimum Gasteiger partial charge on any atom is -0.383 e. The standard InChI is InChI=1S/C9H14N6S/c1-6-8(10)14-16-9(6)11-4-3-7-12-5-15(2)13-7/h5,11H,3-4H2,1-2H3,(H2,10,14). The Labute approximate surface area is 97.7 Å². The maximum absolute atomic E-state index is 5.66. The summed E-state index contributed by atoms with van der Waals surface area (Å²) in [5.74, 6) is 1.44. The summed E-state index contributed by atoms with van der Waals surface area (Å²) in [5, 5.41) is 8.50. The number of rotatable bonds is 4. The van der Waals surface area contributed by atoms with Crippen molar-refractivity contribution < 1.29 is 0 Å². The number of aryl methyl sites for hydroxylation is 1. The third-order valence-corrected chi connectivity index (χ3v) is 3.16. The molecule has 2 rings (SSSR count). The van der Waals surface area contributed by atoms with Crippen molar-refractivity contribution in [3.63, 3.8) is 0 Å². The molecule has 0 aliphatic heterocycles. The molecule has 16 heavy (non-hydrogen) atoms. The Morgan fingerprint density at radius 2 is 2.38 bits per heavy atom. The van der Waals surface area contributed by atoms with Gasteiger partial charge < -0.3 is 11.1 Å². The number of nitrogen functional groups attached to an aromatic ring is 1. The number of nitrogens with zero attached hydrogens (tertiary/aromatic N) is 4. The Kier molecular flexibility index (Phi) is 3.04. The third kappa shape index (κ3) is 2.30. The van der Waals surface area contributed by atoms with Crippen LogP contribution in [0.3, 0.4) is 0 Å². The maximum atomic E-state index is 5.66. The van der Waals surface area contributed by atoms with Crippen molar-refractivity contribution in [2.45, 2.75) is 13.3 Å². The van der Waals surface area contributed by atoms with Crippen molar-refractivity contribution in [2.75, 3.05) is 17.6 Å². The molecule has 0 atom stereocenters. The van der Waals surface area contributed by atoms with E-state index in [2.05, 4.69) is 19.8 Å². The first kappa shape index (κ1) is 10.9. The average Bonchev–Trinajstić information content (AvgIpc) is 2.79. The van der Waals surface area contributed by atoms with Gasteiger partial charge in [-0.1, -0.05) is 0 Å². The Balaban J connectivity index is 1.86. The van der Waals surface area contributed by atoms with Crippen LogP contribution in [0.5, 0.6) is 0 Å². The number of nitrogens with two attached hydrogens (primary N) is 1. The minimum absolute atomic E-state index is 0.600. The van der Waals surface area contributed by atoms with Crippen LogP contribution in [0.1, 0.15) is 11.4 Å². The first-order chi connectivity index (χ1) is 7.66. The van der Waals surface area contributed by atoms with Gasteiger partial charge in [-0.2, -0.15) is 9.47 Å². The predicted molar refractivity (Wildman–Crippen MR) is 64.5 cm³/mol. The second kappa shape index (κ2) is 4.48. The molecule has 0 bridgehead atoms. The fourth-order valence-corrected chi connectivity index (χ4v) is 2.03. The van der Waals surface area contributed by atoms with Gasteiger partial charge >= 0.3 is 0 Å². The molecule has 6 nitrogen and oxygen atoms in total. The molecule has 2 heterocycles. The summed E-state index contributed by atoms with van der Waals surface area (Å²) in [6, 6.07) is 0. The van der Waals surface area contributed by atoms with E-state index in [1.54, 1.807) is 11.0 Å². The number of nitrogens with one attached hydrogen (secondary N) is 1. The summed E-state index contributed by atoms with van der Waals surface area (Å²) in [4.78, 5) is 4.15. The number of hydrogen-bond acceptors (Lipinski definition) is 6. The SMILES string of the molecule is Cc1c(N)nsc1NCCc1ncn(C)n1. The molecule has 3 N–H and O–H groups in total. The first-order valence-corrected chi connectivity index (χ1v) is 5.74. The monoisotopic (exact) mass is 238 g/mol. The van der Waals surface area contributed by atoms with Gasteiger partial charge in [-0.3, -0.25) is 4.68 Å². The van der Waals surface area contributed by atoms with Crippen LogP contribution in [-0.4, -0.2) is 25.7 Å². The van der Waals surface area contributed by atoms with E-state index >= 15 is 0 Å². The summed E-state index contributed by atoms with van der Waals surface area (Å²) < 4.78 is 5.77. The van der Waals surface area contributed by atoms with Gasteiger partial charge in [0, 0.05) is 25.6 Å². The second-order valence-electron chi connectivity index (χ2n) is 3.53. The van der Waals surface area contributed by atoms with Gasteiger partial charge in [0.25, 0.3) is 0 Å². The molecule has 2 aromatic heterocycles. The van der Waals surface area contributed by atoms with Crippen LogP contribution in [0.15, 0.2) is 6.33 Å². The van der Waals surface area contributed by atoms with Crippen molar-refractivity contribution >= 4 is 22.4 Å². The third-order valence-electron chi connectivity index (χ3n) is 2.24. The molecule has 86 valence electrons.